The van der Waals surface area contributed by atoms with Gasteiger partial charge in [-0.15, -0.1) is 0 Å². The molecule has 8 nitrogen and oxygen atoms in total. The molecule has 0 fully saturated rings. The van der Waals surface area contributed by atoms with Gasteiger partial charge in [-0.05, 0) is 42.2 Å². The second-order valence-electron chi connectivity index (χ2n) is 6.00. The summed E-state index contributed by atoms with van der Waals surface area (Å²) in [5, 5.41) is 27.4. The Kier molecular flexibility index (Phi) is 5.65. The van der Waals surface area contributed by atoms with Crippen LogP contribution in [0.25, 0.3) is 0 Å². The Morgan fingerprint density at radius 3 is 2.81 bits per heavy atom. The quantitative estimate of drug-likeness (QED) is 0.658. The van der Waals surface area contributed by atoms with E-state index in [9.17, 15) is 9.90 Å². The van der Waals surface area contributed by atoms with Gasteiger partial charge in [0.1, 0.15) is 0 Å². The number of aromatic hydroxyl groups is 1. The number of methoxy groups -OCH3 is 1. The van der Waals surface area contributed by atoms with Gasteiger partial charge in [-0.3, -0.25) is 15.1 Å². The maximum Gasteiger partial charge on any atom is 0.232 e. The average molecular weight is 366 g/mol. The van der Waals surface area contributed by atoms with Gasteiger partial charge in [-0.1, -0.05) is 31.2 Å². The van der Waals surface area contributed by atoms with Gasteiger partial charge in [0.25, 0.3) is 0 Å². The zero-order chi connectivity index (χ0) is 19.2. The fourth-order valence-electron chi connectivity index (χ4n) is 2.85. The summed E-state index contributed by atoms with van der Waals surface area (Å²) in [6.45, 7) is 2.03. The Hall–Kier alpha value is -3.42. The molecule has 1 heterocycles. The minimum atomic E-state index is -0.681. The molecule has 140 valence electrons. The van der Waals surface area contributed by atoms with Gasteiger partial charge in [0, 0.05) is 11.5 Å². The van der Waals surface area contributed by atoms with Crippen molar-refractivity contribution in [3.8, 4) is 11.5 Å². The summed E-state index contributed by atoms with van der Waals surface area (Å²) in [7, 11) is 1.47. The summed E-state index contributed by atoms with van der Waals surface area (Å²) in [4.78, 5) is 13.0. The van der Waals surface area contributed by atoms with E-state index in [2.05, 4.69) is 25.9 Å². The number of tetrazole rings is 1. The minimum Gasteiger partial charge on any atom is -0.504 e. The molecule has 1 aromatic heterocycles. The van der Waals surface area contributed by atoms with Crippen LogP contribution in [0, 0.1) is 0 Å². The van der Waals surface area contributed by atoms with Crippen LogP contribution < -0.4 is 15.2 Å². The zero-order valence-corrected chi connectivity index (χ0v) is 15.1. The van der Waals surface area contributed by atoms with Gasteiger partial charge in [-0.25, -0.2) is 0 Å². The number of phenolic OH excluding ortho intramolecular Hbond substituents is 1. The number of carbonyl (C=O) groups is 1. The Balaban J connectivity index is 1.87. The van der Waals surface area contributed by atoms with Crippen LogP contribution in [-0.4, -0.2) is 33.6 Å². The molecule has 0 aliphatic carbocycles. The normalized spacial score (nSPS) is 11.8. The number of phenols is 1. The van der Waals surface area contributed by atoms with Crippen LogP contribution >= 0.6 is 0 Å². The molecule has 2 aromatic carbocycles. The number of nitrogens with zero attached hydrogens (tertiary/aromatic N) is 4. The Morgan fingerprint density at radius 2 is 2.11 bits per heavy atom. The fraction of sp³-hybridized carbons (Fsp3) is 0.263. The van der Waals surface area contributed by atoms with Crippen LogP contribution in [-0.2, 0) is 17.6 Å². The summed E-state index contributed by atoms with van der Waals surface area (Å²) in [5.41, 5.74) is 2.58. The second kappa shape index (κ2) is 8.31. The first-order valence-corrected chi connectivity index (χ1v) is 8.55. The topological polar surface area (TPSA) is 111 Å². The van der Waals surface area contributed by atoms with E-state index in [0.717, 1.165) is 23.2 Å². The predicted octanol–water partition coefficient (Wildman–Crippen LogP) is 2.07. The highest BCUT2D eigenvalue weighted by molar-refractivity contribution is 5.96. The third kappa shape index (κ3) is 4.22. The van der Waals surface area contributed by atoms with Crippen molar-refractivity contribution in [1.29, 1.82) is 0 Å². The number of aryl methyl sites for hydroxylation is 1. The number of aromatic nitrogens is 4. The second-order valence-corrected chi connectivity index (χ2v) is 6.00. The molecule has 0 aliphatic heterocycles. The third-order valence-corrected chi connectivity index (χ3v) is 4.30. The number of amides is 1. The first kappa shape index (κ1) is 18.4. The number of nitrogens with one attached hydrogen (secondary N) is 1. The highest BCUT2D eigenvalue weighted by Crippen LogP contribution is 2.29. The molecule has 1 amide bonds. The van der Waals surface area contributed by atoms with E-state index in [1.54, 1.807) is 12.1 Å². The molecule has 3 aromatic rings. The van der Waals surface area contributed by atoms with Gasteiger partial charge in [0.15, 0.2) is 11.5 Å². The van der Waals surface area contributed by atoms with Gasteiger partial charge < -0.3 is 20.3 Å². The lowest BCUT2D eigenvalue weighted by Crippen LogP contribution is -2.25. The monoisotopic (exact) mass is 366 g/mol. The first-order chi connectivity index (χ1) is 13.1. The minimum absolute atomic E-state index is 0.0343. The lowest BCUT2D eigenvalue weighted by atomic mass is 9.97. The number of rotatable bonds is 7. The molecule has 0 spiro atoms. The summed E-state index contributed by atoms with van der Waals surface area (Å²) < 4.78 is 5.14. The van der Waals surface area contributed by atoms with E-state index in [-0.39, 0.29) is 17.5 Å². The number of anilines is 1. The maximum absolute atomic E-state index is 13.0. The fourth-order valence-corrected chi connectivity index (χ4v) is 2.85. The van der Waals surface area contributed by atoms with Crippen LogP contribution in [0.15, 0.2) is 42.5 Å². The maximum atomic E-state index is 13.0. The van der Waals surface area contributed by atoms with Crippen molar-refractivity contribution >= 4 is 11.6 Å². The van der Waals surface area contributed by atoms with E-state index in [0.29, 0.717) is 12.2 Å². The molecule has 0 aliphatic rings. The Morgan fingerprint density at radius 1 is 1.30 bits per heavy atom. The lowest BCUT2D eigenvalue weighted by molar-refractivity contribution is -0.117. The highest BCUT2D eigenvalue weighted by atomic mass is 16.5. The SMILES string of the molecule is CCc1ccccc1NC(=O)[C@H](Cc1ccc(O)c(OC)c1)c1nnn[n-]1. The van der Waals surface area contributed by atoms with Crippen LogP contribution in [0.4, 0.5) is 5.69 Å². The van der Waals surface area contributed by atoms with E-state index >= 15 is 0 Å². The van der Waals surface area contributed by atoms with E-state index in [4.69, 9.17) is 4.74 Å². The van der Waals surface area contributed by atoms with Crippen LogP contribution in [0.1, 0.15) is 29.8 Å². The van der Waals surface area contributed by atoms with Crippen molar-refractivity contribution in [2.75, 3.05) is 12.4 Å². The zero-order valence-electron chi connectivity index (χ0n) is 15.1. The van der Waals surface area contributed by atoms with Gasteiger partial charge in [0.05, 0.1) is 13.0 Å². The number of hydrogen-bond acceptors (Lipinski definition) is 6. The third-order valence-electron chi connectivity index (χ3n) is 4.30. The average Bonchev–Trinajstić information content (AvgIpc) is 3.22. The molecule has 0 saturated carbocycles. The largest absolute Gasteiger partial charge is 0.504 e. The molecule has 2 N–H and O–H groups in total. The molecule has 0 bridgehead atoms. The van der Waals surface area contributed by atoms with Crippen LogP contribution in [0.2, 0.25) is 0 Å². The highest BCUT2D eigenvalue weighted by Gasteiger charge is 2.22. The van der Waals surface area contributed by atoms with Crippen molar-refractivity contribution in [1.82, 2.24) is 20.6 Å². The summed E-state index contributed by atoms with van der Waals surface area (Å²) >= 11 is 0. The first-order valence-electron chi connectivity index (χ1n) is 8.55. The molecule has 0 unspecified atom stereocenters. The smallest absolute Gasteiger partial charge is 0.232 e. The number of ether oxygens (including phenoxy) is 1. The molecule has 3 rings (SSSR count). The summed E-state index contributed by atoms with van der Waals surface area (Å²) in [6.07, 6.45) is 1.11. The van der Waals surface area contributed by atoms with Crippen molar-refractivity contribution in [2.24, 2.45) is 0 Å². The summed E-state index contributed by atoms with van der Waals surface area (Å²) in [6, 6.07) is 12.6. The van der Waals surface area contributed by atoms with E-state index < -0.39 is 5.92 Å². The van der Waals surface area contributed by atoms with Gasteiger partial charge >= 0.3 is 0 Å². The van der Waals surface area contributed by atoms with Gasteiger partial charge in [-0.2, -0.15) is 5.21 Å². The van der Waals surface area contributed by atoms with Crippen molar-refractivity contribution < 1.29 is 14.6 Å². The molecule has 8 heteroatoms. The number of carbonyl (C=O) groups excluding carboxylic acids is 1. The van der Waals surface area contributed by atoms with Crippen molar-refractivity contribution in [3.63, 3.8) is 0 Å². The van der Waals surface area contributed by atoms with Gasteiger partial charge in [0.2, 0.25) is 5.91 Å². The lowest BCUT2D eigenvalue weighted by Gasteiger charge is -2.19. The number of benzene rings is 2. The van der Waals surface area contributed by atoms with Crippen molar-refractivity contribution in [3.05, 3.63) is 59.4 Å². The Labute approximate surface area is 156 Å². The molecule has 0 saturated heterocycles. The van der Waals surface area contributed by atoms with Crippen LogP contribution in [0.5, 0.6) is 11.5 Å². The molecule has 1 atom stereocenters. The number of hydrogen-bond donors (Lipinski definition) is 2. The molecular weight excluding hydrogens is 346 g/mol. The van der Waals surface area contributed by atoms with E-state index in [1.807, 2.05) is 31.2 Å². The predicted molar refractivity (Wildman–Crippen MR) is 98.7 cm³/mol. The van der Waals surface area contributed by atoms with Crippen LogP contribution in [0.3, 0.4) is 0 Å². The number of para-hydroxylation sites is 1. The standard InChI is InChI=1S/C19H21N5O3/c1-3-13-6-4-5-7-15(13)20-19(26)14(18-21-23-24-22-18)10-12-8-9-16(25)17(11-12)27-2/h4-9,11,14H,3,10H2,1-2H3,(H3,20,21,22,23,24,25,26)/p-1/t14-/m1/s1. The summed E-state index contributed by atoms with van der Waals surface area (Å²) in [5.74, 6) is -0.319. The molecule has 0 radical (unpaired) electrons. The van der Waals surface area contributed by atoms with E-state index in [1.165, 1.54) is 13.2 Å². The van der Waals surface area contributed by atoms with Crippen molar-refractivity contribution in [2.45, 2.75) is 25.7 Å². The molecular formula is C19H20N5O3-. The Bertz CT molecular complexity index is 911. The molecule has 27 heavy (non-hydrogen) atoms.